The Labute approximate surface area is 213 Å². The summed E-state index contributed by atoms with van der Waals surface area (Å²) in [6, 6.07) is 3.68. The number of hydrogen-bond acceptors (Lipinski definition) is 8. The van der Waals surface area contributed by atoms with E-state index in [2.05, 4.69) is 15.6 Å². The molecule has 2 rings (SSSR count). The Hall–Kier alpha value is -2.60. The molecule has 182 valence electrons. The third kappa shape index (κ3) is 7.73. The predicted molar refractivity (Wildman–Crippen MR) is 131 cm³/mol. The van der Waals surface area contributed by atoms with E-state index in [9.17, 15) is 24.5 Å². The number of non-ortho nitro benzene ring substituents is 1. The number of thioether (sulfide) groups is 1. The van der Waals surface area contributed by atoms with E-state index >= 15 is 0 Å². The van der Waals surface area contributed by atoms with Gasteiger partial charge in [-0.1, -0.05) is 34.8 Å². The van der Waals surface area contributed by atoms with Crippen molar-refractivity contribution in [3.05, 3.63) is 60.7 Å². The smallest absolute Gasteiger partial charge is 0.329 e. The van der Waals surface area contributed by atoms with Crippen LogP contribution in [-0.4, -0.2) is 52.3 Å². The monoisotopic (exact) mass is 548 g/mol. The first-order chi connectivity index (χ1) is 16.0. The van der Waals surface area contributed by atoms with Crippen LogP contribution < -0.4 is 10.6 Å². The minimum Gasteiger partial charge on any atom is -0.454 e. The normalized spacial score (nSPS) is 11.4. The van der Waals surface area contributed by atoms with Crippen molar-refractivity contribution in [2.75, 3.05) is 23.9 Å². The average molecular weight is 550 g/mol. The summed E-state index contributed by atoms with van der Waals surface area (Å²) in [5.74, 6) is -1.70. The summed E-state index contributed by atoms with van der Waals surface area (Å²) in [5, 5.41) is 16.1. The highest BCUT2D eigenvalue weighted by Gasteiger charge is 2.25. The summed E-state index contributed by atoms with van der Waals surface area (Å²) in [6.45, 7) is 0.979. The molecule has 2 N–H and O–H groups in total. The van der Waals surface area contributed by atoms with Crippen LogP contribution in [0.5, 0.6) is 0 Å². The van der Waals surface area contributed by atoms with Gasteiger partial charge in [-0.05, 0) is 37.5 Å². The lowest BCUT2D eigenvalue weighted by Crippen LogP contribution is -2.43. The number of amides is 2. The molecule has 34 heavy (non-hydrogen) atoms. The number of carbonyl (C=O) groups is 3. The summed E-state index contributed by atoms with van der Waals surface area (Å²) in [4.78, 5) is 51.6. The summed E-state index contributed by atoms with van der Waals surface area (Å²) < 4.78 is 5.05. The van der Waals surface area contributed by atoms with Crippen molar-refractivity contribution in [2.24, 2.45) is 0 Å². The number of esters is 1. The number of nitro groups is 1. The Balaban J connectivity index is 2.03. The van der Waals surface area contributed by atoms with Gasteiger partial charge in [0.25, 0.3) is 17.5 Å². The number of hydrogen-bond donors (Lipinski definition) is 2. The number of anilines is 1. The fourth-order valence-corrected chi connectivity index (χ4v) is 3.71. The van der Waals surface area contributed by atoms with Crippen molar-refractivity contribution in [3.63, 3.8) is 0 Å². The van der Waals surface area contributed by atoms with Crippen molar-refractivity contribution >= 4 is 75.9 Å². The number of halogens is 3. The van der Waals surface area contributed by atoms with Crippen molar-refractivity contribution in [3.8, 4) is 0 Å². The Morgan fingerprint density at radius 3 is 2.50 bits per heavy atom. The zero-order valence-electron chi connectivity index (χ0n) is 17.9. The van der Waals surface area contributed by atoms with E-state index in [1.54, 1.807) is 6.92 Å². The number of nitrogens with zero attached hydrogens (tertiary/aromatic N) is 2. The van der Waals surface area contributed by atoms with Gasteiger partial charge < -0.3 is 15.4 Å². The molecular formula is C20H19Cl3N4O6S. The molecule has 0 fully saturated rings. The molecule has 0 radical (unpaired) electrons. The first-order valence-electron chi connectivity index (χ1n) is 9.56. The number of rotatable bonds is 10. The van der Waals surface area contributed by atoms with Gasteiger partial charge in [0.1, 0.15) is 6.04 Å². The van der Waals surface area contributed by atoms with E-state index < -0.39 is 35.4 Å². The van der Waals surface area contributed by atoms with Crippen molar-refractivity contribution in [1.29, 1.82) is 0 Å². The maximum absolute atomic E-state index is 12.6. The molecule has 0 saturated heterocycles. The zero-order chi connectivity index (χ0) is 25.4. The molecule has 2 aromatic rings. The molecule has 1 aromatic heterocycles. The van der Waals surface area contributed by atoms with Gasteiger partial charge >= 0.3 is 5.97 Å². The van der Waals surface area contributed by atoms with E-state index in [4.69, 9.17) is 39.5 Å². The second kappa shape index (κ2) is 12.7. The lowest BCUT2D eigenvalue weighted by Gasteiger charge is -2.18. The van der Waals surface area contributed by atoms with Gasteiger partial charge in [0.2, 0.25) is 0 Å². The molecule has 0 bridgehead atoms. The predicted octanol–water partition coefficient (Wildman–Crippen LogP) is 4.29. The summed E-state index contributed by atoms with van der Waals surface area (Å²) in [5.41, 5.74) is 0.116. The molecule has 0 spiro atoms. The molecule has 10 nitrogen and oxygen atoms in total. The lowest BCUT2D eigenvalue weighted by atomic mass is 10.1. The molecule has 0 saturated carbocycles. The number of aromatic nitrogens is 1. The van der Waals surface area contributed by atoms with Crippen molar-refractivity contribution in [2.45, 2.75) is 19.4 Å². The van der Waals surface area contributed by atoms with E-state index in [0.29, 0.717) is 16.5 Å². The third-order valence-corrected chi connectivity index (χ3v) is 5.94. The van der Waals surface area contributed by atoms with Gasteiger partial charge in [-0.3, -0.25) is 19.7 Å². The van der Waals surface area contributed by atoms with Crippen LogP contribution in [0, 0.1) is 17.0 Å². The second-order valence-electron chi connectivity index (χ2n) is 6.77. The number of benzene rings is 1. The Morgan fingerprint density at radius 1 is 1.18 bits per heavy atom. The number of nitrogens with one attached hydrogen (secondary N) is 2. The first-order valence-corrected chi connectivity index (χ1v) is 12.1. The largest absolute Gasteiger partial charge is 0.454 e. The topological polar surface area (TPSA) is 141 Å². The van der Waals surface area contributed by atoms with Crippen LogP contribution in [0.1, 0.15) is 22.5 Å². The molecule has 2 amide bonds. The minimum atomic E-state index is -1.08. The van der Waals surface area contributed by atoms with Crippen LogP contribution in [0.15, 0.2) is 24.3 Å². The zero-order valence-corrected chi connectivity index (χ0v) is 21.0. The Kier molecular flexibility index (Phi) is 10.4. The highest BCUT2D eigenvalue weighted by atomic mass is 35.5. The highest BCUT2D eigenvalue weighted by Crippen LogP contribution is 2.25. The molecule has 1 unspecified atom stereocenters. The van der Waals surface area contributed by atoms with Crippen LogP contribution in [-0.2, 0) is 14.3 Å². The molecule has 0 aliphatic heterocycles. The molecule has 1 aromatic carbocycles. The standard InChI is InChI=1S/C20H19Cl3N4O6S/c1-10-13(21)8-15(23)18(24-10)26-17(28)9-33-20(30)16(5-6-34-2)25-19(29)12-4-3-11(27(31)32)7-14(12)22/h3-4,7-8,16H,5-6,9H2,1-2H3,(H,25,29)(H,24,26,28). The van der Waals surface area contributed by atoms with Crippen LogP contribution in [0.25, 0.3) is 0 Å². The fraction of sp³-hybridized carbons (Fsp3) is 0.300. The van der Waals surface area contributed by atoms with Crippen molar-refractivity contribution < 1.29 is 24.0 Å². The van der Waals surface area contributed by atoms with Crippen LogP contribution in [0.3, 0.4) is 0 Å². The quantitative estimate of drug-likeness (QED) is 0.254. The molecule has 1 heterocycles. The maximum Gasteiger partial charge on any atom is 0.329 e. The number of carbonyl (C=O) groups excluding carboxylic acids is 3. The van der Waals surface area contributed by atoms with Gasteiger partial charge in [0, 0.05) is 12.1 Å². The number of ether oxygens (including phenoxy) is 1. The Bertz CT molecular complexity index is 1120. The molecular weight excluding hydrogens is 531 g/mol. The minimum absolute atomic E-state index is 0.0502. The third-order valence-electron chi connectivity index (χ3n) is 4.32. The molecule has 0 aliphatic carbocycles. The van der Waals surface area contributed by atoms with Gasteiger partial charge in [-0.2, -0.15) is 11.8 Å². The van der Waals surface area contributed by atoms with Gasteiger partial charge in [0.15, 0.2) is 12.4 Å². The van der Waals surface area contributed by atoms with Crippen LogP contribution >= 0.6 is 46.6 Å². The summed E-state index contributed by atoms with van der Waals surface area (Å²) in [7, 11) is 0. The summed E-state index contributed by atoms with van der Waals surface area (Å²) in [6.07, 6.45) is 2.03. The molecule has 0 aliphatic rings. The van der Waals surface area contributed by atoms with Crippen molar-refractivity contribution in [1.82, 2.24) is 10.3 Å². The van der Waals surface area contributed by atoms with Gasteiger partial charge in [0.05, 0.1) is 31.2 Å². The second-order valence-corrected chi connectivity index (χ2v) is 8.98. The average Bonchev–Trinajstić information content (AvgIpc) is 2.78. The van der Waals surface area contributed by atoms with E-state index in [1.807, 2.05) is 6.26 Å². The van der Waals surface area contributed by atoms with E-state index in [-0.39, 0.29) is 33.5 Å². The van der Waals surface area contributed by atoms with Gasteiger partial charge in [-0.15, -0.1) is 0 Å². The number of aryl methyl sites for hydroxylation is 1. The number of pyridine rings is 1. The van der Waals surface area contributed by atoms with Crippen LogP contribution in [0.2, 0.25) is 15.1 Å². The van der Waals surface area contributed by atoms with Gasteiger partial charge in [-0.25, -0.2) is 9.78 Å². The SMILES string of the molecule is CSCCC(NC(=O)c1ccc([N+](=O)[O-])cc1Cl)C(=O)OCC(=O)Nc1nc(C)c(Cl)cc1Cl. The first kappa shape index (κ1) is 27.6. The lowest BCUT2D eigenvalue weighted by molar-refractivity contribution is -0.384. The number of nitro benzene ring substituents is 1. The van der Waals surface area contributed by atoms with E-state index in [0.717, 1.165) is 12.1 Å². The Morgan fingerprint density at radius 2 is 1.88 bits per heavy atom. The summed E-state index contributed by atoms with van der Waals surface area (Å²) >= 11 is 19.3. The molecule has 14 heteroatoms. The maximum atomic E-state index is 12.6. The molecule has 1 atom stereocenters. The fourth-order valence-electron chi connectivity index (χ4n) is 2.57. The van der Waals surface area contributed by atoms with Crippen LogP contribution in [0.4, 0.5) is 11.5 Å². The van der Waals surface area contributed by atoms with E-state index in [1.165, 1.54) is 23.9 Å². The highest BCUT2D eigenvalue weighted by molar-refractivity contribution is 7.98.